The second kappa shape index (κ2) is 4.28. The highest BCUT2D eigenvalue weighted by atomic mass is 35.5. The minimum absolute atomic E-state index is 0.188. The number of esters is 1. The monoisotopic (exact) mass is 163 g/mol. The predicted octanol–water partition coefficient (Wildman–Crippen LogP) is 1.20. The molecule has 0 aliphatic carbocycles. The highest BCUT2D eigenvalue weighted by Crippen LogP contribution is 2.02. The molecule has 1 unspecified atom stereocenters. The molecule has 0 radical (unpaired) electrons. The van der Waals surface area contributed by atoms with Gasteiger partial charge in [-0.05, 0) is 6.42 Å². The van der Waals surface area contributed by atoms with Gasteiger partial charge in [0.15, 0.2) is 5.38 Å². The Morgan fingerprint density at radius 2 is 2.30 bits per heavy atom. The summed E-state index contributed by atoms with van der Waals surface area (Å²) in [4.78, 5) is 10.6. The van der Waals surface area contributed by atoms with Crippen molar-refractivity contribution >= 4 is 23.3 Å². The SMILES string of the molecule is CCC(=N)C(Cl)C(=O)OC. The van der Waals surface area contributed by atoms with E-state index >= 15 is 0 Å². The quantitative estimate of drug-likeness (QED) is 0.386. The number of rotatable bonds is 3. The maximum Gasteiger partial charge on any atom is 0.329 e. The van der Waals surface area contributed by atoms with Crippen LogP contribution in [0.15, 0.2) is 0 Å². The van der Waals surface area contributed by atoms with Crippen molar-refractivity contribution < 1.29 is 9.53 Å². The second-order valence-electron chi connectivity index (χ2n) is 1.76. The second-order valence-corrected chi connectivity index (χ2v) is 2.20. The van der Waals surface area contributed by atoms with Crippen molar-refractivity contribution in [2.75, 3.05) is 7.11 Å². The average molecular weight is 164 g/mol. The summed E-state index contributed by atoms with van der Waals surface area (Å²) >= 11 is 5.48. The van der Waals surface area contributed by atoms with E-state index in [4.69, 9.17) is 17.0 Å². The van der Waals surface area contributed by atoms with E-state index in [0.717, 1.165) is 0 Å². The summed E-state index contributed by atoms with van der Waals surface area (Å²) < 4.78 is 4.32. The summed E-state index contributed by atoms with van der Waals surface area (Å²) in [5, 5.41) is 6.24. The minimum atomic E-state index is -0.907. The van der Waals surface area contributed by atoms with Crippen molar-refractivity contribution in [3.8, 4) is 0 Å². The molecule has 58 valence electrons. The Morgan fingerprint density at radius 1 is 1.80 bits per heavy atom. The number of hydrogen-bond acceptors (Lipinski definition) is 3. The summed E-state index contributed by atoms with van der Waals surface area (Å²) in [5.74, 6) is -0.562. The van der Waals surface area contributed by atoms with E-state index in [-0.39, 0.29) is 5.71 Å². The maximum atomic E-state index is 10.6. The van der Waals surface area contributed by atoms with Crippen LogP contribution in [0, 0.1) is 5.41 Å². The Bertz CT molecular complexity index is 131. The topological polar surface area (TPSA) is 50.2 Å². The number of methoxy groups -OCH3 is 1. The summed E-state index contributed by atoms with van der Waals surface area (Å²) in [6.07, 6.45) is 0.475. The summed E-state index contributed by atoms with van der Waals surface area (Å²) in [6, 6.07) is 0. The molecule has 0 saturated carbocycles. The van der Waals surface area contributed by atoms with Crippen LogP contribution in [0.25, 0.3) is 0 Å². The predicted molar refractivity (Wildman–Crippen MR) is 39.7 cm³/mol. The molecular formula is C6H10ClNO2. The van der Waals surface area contributed by atoms with E-state index in [1.165, 1.54) is 7.11 Å². The van der Waals surface area contributed by atoms with Crippen LogP contribution in [0.4, 0.5) is 0 Å². The molecule has 0 aromatic carbocycles. The van der Waals surface area contributed by atoms with Gasteiger partial charge in [-0.3, -0.25) is 4.79 Å². The van der Waals surface area contributed by atoms with Gasteiger partial charge >= 0.3 is 5.97 Å². The number of hydrogen-bond donors (Lipinski definition) is 1. The largest absolute Gasteiger partial charge is 0.468 e. The first-order valence-corrected chi connectivity index (χ1v) is 3.36. The molecule has 0 heterocycles. The van der Waals surface area contributed by atoms with Gasteiger partial charge in [0.1, 0.15) is 0 Å². The molecule has 3 nitrogen and oxygen atoms in total. The lowest BCUT2D eigenvalue weighted by Crippen LogP contribution is -2.24. The van der Waals surface area contributed by atoms with Crippen LogP contribution in [0.5, 0.6) is 0 Å². The van der Waals surface area contributed by atoms with Gasteiger partial charge in [0.05, 0.1) is 7.11 Å². The molecule has 0 aliphatic heterocycles. The fourth-order valence-electron chi connectivity index (χ4n) is 0.425. The van der Waals surface area contributed by atoms with Gasteiger partial charge in [-0.15, -0.1) is 11.6 Å². The van der Waals surface area contributed by atoms with Gasteiger partial charge in [-0.25, -0.2) is 0 Å². The molecule has 4 heteroatoms. The highest BCUT2D eigenvalue weighted by molar-refractivity contribution is 6.41. The molecule has 0 spiro atoms. The lowest BCUT2D eigenvalue weighted by Gasteiger charge is -2.05. The van der Waals surface area contributed by atoms with E-state index in [9.17, 15) is 4.79 Å². The third-order valence-corrected chi connectivity index (χ3v) is 1.54. The summed E-state index contributed by atoms with van der Waals surface area (Å²) in [7, 11) is 1.25. The van der Waals surface area contributed by atoms with Crippen LogP contribution < -0.4 is 0 Å². The average Bonchev–Trinajstić information content (AvgIpc) is 2.00. The molecular weight excluding hydrogens is 154 g/mol. The number of nitrogens with one attached hydrogen (secondary N) is 1. The van der Waals surface area contributed by atoms with Crippen molar-refractivity contribution in [2.24, 2.45) is 0 Å². The first-order valence-electron chi connectivity index (χ1n) is 2.92. The molecule has 0 rings (SSSR count). The minimum Gasteiger partial charge on any atom is -0.468 e. The van der Waals surface area contributed by atoms with E-state index in [1.807, 2.05) is 0 Å². The van der Waals surface area contributed by atoms with Gasteiger partial charge in [-0.1, -0.05) is 6.92 Å². The smallest absolute Gasteiger partial charge is 0.329 e. The molecule has 0 bridgehead atoms. The van der Waals surface area contributed by atoms with E-state index in [0.29, 0.717) is 6.42 Å². The Balaban J connectivity index is 3.94. The van der Waals surface area contributed by atoms with Crippen molar-refractivity contribution in [2.45, 2.75) is 18.7 Å². The van der Waals surface area contributed by atoms with Gasteiger partial charge < -0.3 is 10.1 Å². The molecule has 0 fully saturated rings. The first kappa shape index (κ1) is 9.43. The molecule has 1 N–H and O–H groups in total. The van der Waals surface area contributed by atoms with Crippen LogP contribution in [0.2, 0.25) is 0 Å². The van der Waals surface area contributed by atoms with Gasteiger partial charge in [0, 0.05) is 5.71 Å². The van der Waals surface area contributed by atoms with Crippen molar-refractivity contribution in [3.63, 3.8) is 0 Å². The molecule has 0 aromatic heterocycles. The van der Waals surface area contributed by atoms with Crippen molar-refractivity contribution in [3.05, 3.63) is 0 Å². The Hall–Kier alpha value is -0.570. The fourth-order valence-corrected chi connectivity index (χ4v) is 0.668. The van der Waals surface area contributed by atoms with E-state index in [2.05, 4.69) is 4.74 Å². The zero-order valence-corrected chi connectivity index (χ0v) is 6.73. The van der Waals surface area contributed by atoms with E-state index in [1.54, 1.807) is 6.92 Å². The lowest BCUT2D eigenvalue weighted by molar-refractivity contribution is -0.138. The Morgan fingerprint density at radius 3 is 2.60 bits per heavy atom. The van der Waals surface area contributed by atoms with E-state index < -0.39 is 11.3 Å². The zero-order valence-electron chi connectivity index (χ0n) is 5.98. The van der Waals surface area contributed by atoms with Gasteiger partial charge in [0.2, 0.25) is 0 Å². The highest BCUT2D eigenvalue weighted by Gasteiger charge is 2.18. The Kier molecular flexibility index (Phi) is 4.03. The number of ether oxygens (including phenoxy) is 1. The molecule has 1 atom stereocenters. The number of halogens is 1. The van der Waals surface area contributed by atoms with Gasteiger partial charge in [0.25, 0.3) is 0 Å². The normalized spacial score (nSPS) is 12.3. The molecule has 0 amide bonds. The standard InChI is InChI=1S/C6H10ClNO2/c1-3-4(8)5(7)6(9)10-2/h5,8H,3H2,1-2H3. The molecule has 0 aliphatic rings. The third-order valence-electron chi connectivity index (χ3n) is 1.09. The lowest BCUT2D eigenvalue weighted by atomic mass is 10.2. The number of alkyl halides is 1. The van der Waals surface area contributed by atoms with Crippen molar-refractivity contribution in [1.82, 2.24) is 0 Å². The van der Waals surface area contributed by atoms with Crippen LogP contribution in [-0.4, -0.2) is 24.2 Å². The van der Waals surface area contributed by atoms with Crippen molar-refractivity contribution in [1.29, 1.82) is 5.41 Å². The van der Waals surface area contributed by atoms with Crippen LogP contribution in [0.3, 0.4) is 0 Å². The summed E-state index contributed by atoms with van der Waals surface area (Å²) in [5.41, 5.74) is 0.188. The Labute approximate surface area is 64.8 Å². The molecule has 0 aromatic rings. The number of carbonyl (C=O) groups is 1. The fraction of sp³-hybridized carbons (Fsp3) is 0.667. The zero-order chi connectivity index (χ0) is 8.15. The van der Waals surface area contributed by atoms with Crippen LogP contribution in [0.1, 0.15) is 13.3 Å². The number of carbonyl (C=O) groups excluding carboxylic acids is 1. The summed E-state index contributed by atoms with van der Waals surface area (Å²) in [6.45, 7) is 1.76. The van der Waals surface area contributed by atoms with Crippen LogP contribution in [-0.2, 0) is 9.53 Å². The molecule has 10 heavy (non-hydrogen) atoms. The van der Waals surface area contributed by atoms with Crippen LogP contribution >= 0.6 is 11.6 Å². The maximum absolute atomic E-state index is 10.6. The third kappa shape index (κ3) is 2.35. The van der Waals surface area contributed by atoms with Gasteiger partial charge in [-0.2, -0.15) is 0 Å². The first-order chi connectivity index (χ1) is 4.63. The molecule has 0 saturated heterocycles.